The van der Waals surface area contributed by atoms with Crippen LogP contribution < -0.4 is 5.32 Å². The van der Waals surface area contributed by atoms with E-state index in [0.29, 0.717) is 6.04 Å². The molecule has 1 fully saturated rings. The first kappa shape index (κ1) is 8.47. The van der Waals surface area contributed by atoms with Gasteiger partial charge in [-0.05, 0) is 36.1 Å². The summed E-state index contributed by atoms with van der Waals surface area (Å²) in [6, 6.07) is 0.485. The van der Waals surface area contributed by atoms with Crippen LogP contribution in [0.3, 0.4) is 0 Å². The molecular formula is C8H15N5. The van der Waals surface area contributed by atoms with E-state index in [4.69, 9.17) is 0 Å². The SMILES string of the molecule is C[C@H](Nc1nnnn1C)C1CCC1. The van der Waals surface area contributed by atoms with Crippen molar-refractivity contribution in [1.29, 1.82) is 0 Å². The molecule has 1 aromatic rings. The lowest BCUT2D eigenvalue weighted by Crippen LogP contribution is -2.31. The van der Waals surface area contributed by atoms with Crippen molar-refractivity contribution < 1.29 is 0 Å². The van der Waals surface area contributed by atoms with Gasteiger partial charge in [0.2, 0.25) is 5.95 Å². The van der Waals surface area contributed by atoms with Crippen LogP contribution in [-0.2, 0) is 7.05 Å². The summed E-state index contributed by atoms with van der Waals surface area (Å²) in [4.78, 5) is 0. The van der Waals surface area contributed by atoms with E-state index >= 15 is 0 Å². The number of hydrogen-bond donors (Lipinski definition) is 1. The topological polar surface area (TPSA) is 55.6 Å². The minimum absolute atomic E-state index is 0.485. The van der Waals surface area contributed by atoms with Crippen LogP contribution in [0.1, 0.15) is 26.2 Å². The summed E-state index contributed by atoms with van der Waals surface area (Å²) in [5.74, 6) is 1.57. The summed E-state index contributed by atoms with van der Waals surface area (Å²) >= 11 is 0. The van der Waals surface area contributed by atoms with Crippen LogP contribution in [0, 0.1) is 5.92 Å². The van der Waals surface area contributed by atoms with Gasteiger partial charge < -0.3 is 5.32 Å². The molecule has 0 radical (unpaired) electrons. The van der Waals surface area contributed by atoms with Gasteiger partial charge in [0.25, 0.3) is 0 Å². The second-order valence-corrected chi connectivity index (χ2v) is 3.75. The van der Waals surface area contributed by atoms with Crippen LogP contribution in [0.4, 0.5) is 5.95 Å². The summed E-state index contributed by atoms with van der Waals surface area (Å²) in [5, 5.41) is 14.6. The molecule has 5 nitrogen and oxygen atoms in total. The predicted octanol–water partition coefficient (Wildman–Crippen LogP) is 0.811. The van der Waals surface area contributed by atoms with Gasteiger partial charge in [-0.3, -0.25) is 0 Å². The minimum Gasteiger partial charge on any atom is -0.350 e. The highest BCUT2D eigenvalue weighted by molar-refractivity contribution is 5.23. The molecule has 0 amide bonds. The molecule has 1 aliphatic rings. The fourth-order valence-corrected chi connectivity index (χ4v) is 1.61. The van der Waals surface area contributed by atoms with Gasteiger partial charge in [-0.25, -0.2) is 4.68 Å². The Balaban J connectivity index is 1.93. The third-order valence-corrected chi connectivity index (χ3v) is 2.83. The van der Waals surface area contributed by atoms with Crippen LogP contribution in [0.2, 0.25) is 0 Å². The Labute approximate surface area is 77.5 Å². The van der Waals surface area contributed by atoms with Crippen molar-refractivity contribution in [2.45, 2.75) is 32.2 Å². The molecule has 0 aliphatic heterocycles. The molecule has 0 spiro atoms. The molecule has 1 N–H and O–H groups in total. The van der Waals surface area contributed by atoms with Crippen LogP contribution in [-0.4, -0.2) is 26.2 Å². The summed E-state index contributed by atoms with van der Waals surface area (Å²) in [6.07, 6.45) is 4.03. The van der Waals surface area contributed by atoms with Crippen molar-refractivity contribution in [1.82, 2.24) is 20.2 Å². The molecular weight excluding hydrogens is 166 g/mol. The normalized spacial score (nSPS) is 19.5. The van der Waals surface area contributed by atoms with Crippen molar-refractivity contribution in [3.05, 3.63) is 0 Å². The van der Waals surface area contributed by atoms with Crippen LogP contribution in [0.15, 0.2) is 0 Å². The fourth-order valence-electron chi connectivity index (χ4n) is 1.61. The van der Waals surface area contributed by atoms with Gasteiger partial charge in [0.1, 0.15) is 0 Å². The van der Waals surface area contributed by atoms with Gasteiger partial charge in [-0.1, -0.05) is 11.5 Å². The van der Waals surface area contributed by atoms with Crippen LogP contribution in [0.25, 0.3) is 0 Å². The third kappa shape index (κ3) is 1.64. The van der Waals surface area contributed by atoms with Gasteiger partial charge in [0.05, 0.1) is 0 Å². The minimum atomic E-state index is 0.485. The van der Waals surface area contributed by atoms with E-state index in [1.165, 1.54) is 19.3 Å². The highest BCUT2D eigenvalue weighted by atomic mass is 15.6. The summed E-state index contributed by atoms with van der Waals surface area (Å²) < 4.78 is 1.66. The summed E-state index contributed by atoms with van der Waals surface area (Å²) in [7, 11) is 1.84. The number of hydrogen-bond acceptors (Lipinski definition) is 4. The van der Waals surface area contributed by atoms with Crippen molar-refractivity contribution in [3.8, 4) is 0 Å². The van der Waals surface area contributed by atoms with Crippen molar-refractivity contribution in [2.75, 3.05) is 5.32 Å². The largest absolute Gasteiger partial charge is 0.350 e. The molecule has 1 saturated carbocycles. The quantitative estimate of drug-likeness (QED) is 0.749. The number of nitrogens with zero attached hydrogens (tertiary/aromatic N) is 4. The Morgan fingerprint density at radius 1 is 1.54 bits per heavy atom. The second kappa shape index (κ2) is 3.32. The van der Waals surface area contributed by atoms with E-state index in [9.17, 15) is 0 Å². The van der Waals surface area contributed by atoms with E-state index in [1.807, 2.05) is 7.05 Å². The van der Waals surface area contributed by atoms with Gasteiger partial charge in [0.15, 0.2) is 0 Å². The van der Waals surface area contributed by atoms with Gasteiger partial charge in [-0.15, -0.1) is 0 Å². The molecule has 1 heterocycles. The Morgan fingerprint density at radius 2 is 2.31 bits per heavy atom. The highest BCUT2D eigenvalue weighted by Crippen LogP contribution is 2.30. The van der Waals surface area contributed by atoms with E-state index in [1.54, 1.807) is 4.68 Å². The van der Waals surface area contributed by atoms with Crippen LogP contribution >= 0.6 is 0 Å². The Morgan fingerprint density at radius 3 is 2.77 bits per heavy atom. The number of tetrazole rings is 1. The first-order chi connectivity index (χ1) is 6.27. The predicted molar refractivity (Wildman–Crippen MR) is 49.2 cm³/mol. The lowest BCUT2D eigenvalue weighted by Gasteiger charge is -2.31. The number of nitrogens with one attached hydrogen (secondary N) is 1. The van der Waals surface area contributed by atoms with E-state index in [0.717, 1.165) is 11.9 Å². The molecule has 72 valence electrons. The lowest BCUT2D eigenvalue weighted by atomic mass is 9.80. The number of aromatic nitrogens is 4. The summed E-state index contributed by atoms with van der Waals surface area (Å²) in [5.41, 5.74) is 0. The number of rotatable bonds is 3. The first-order valence-corrected chi connectivity index (χ1v) is 4.76. The van der Waals surface area contributed by atoms with Gasteiger partial charge in [0, 0.05) is 13.1 Å². The average molecular weight is 181 g/mol. The number of anilines is 1. The highest BCUT2D eigenvalue weighted by Gasteiger charge is 2.24. The zero-order valence-electron chi connectivity index (χ0n) is 8.06. The molecule has 0 saturated heterocycles. The van der Waals surface area contributed by atoms with E-state index in [2.05, 4.69) is 27.8 Å². The molecule has 5 heteroatoms. The van der Waals surface area contributed by atoms with Crippen molar-refractivity contribution >= 4 is 5.95 Å². The molecule has 13 heavy (non-hydrogen) atoms. The zero-order valence-corrected chi connectivity index (χ0v) is 8.06. The van der Waals surface area contributed by atoms with Gasteiger partial charge >= 0.3 is 0 Å². The average Bonchev–Trinajstić information content (AvgIpc) is 2.32. The zero-order chi connectivity index (χ0) is 9.26. The molecule has 1 atom stereocenters. The Kier molecular flexibility index (Phi) is 2.16. The summed E-state index contributed by atoms with van der Waals surface area (Å²) in [6.45, 7) is 2.19. The maximum Gasteiger partial charge on any atom is 0.242 e. The molecule has 1 aliphatic carbocycles. The van der Waals surface area contributed by atoms with Gasteiger partial charge in [-0.2, -0.15) is 0 Å². The maximum atomic E-state index is 3.89. The molecule has 1 aromatic heterocycles. The Bertz CT molecular complexity index is 278. The molecule has 0 bridgehead atoms. The van der Waals surface area contributed by atoms with Crippen molar-refractivity contribution in [3.63, 3.8) is 0 Å². The van der Waals surface area contributed by atoms with Crippen LogP contribution in [0.5, 0.6) is 0 Å². The smallest absolute Gasteiger partial charge is 0.242 e. The molecule has 2 rings (SSSR count). The first-order valence-electron chi connectivity index (χ1n) is 4.76. The number of aryl methyl sites for hydroxylation is 1. The third-order valence-electron chi connectivity index (χ3n) is 2.83. The lowest BCUT2D eigenvalue weighted by molar-refractivity contribution is 0.284. The monoisotopic (exact) mass is 181 g/mol. The fraction of sp³-hybridized carbons (Fsp3) is 0.875. The molecule has 0 aromatic carbocycles. The Hall–Kier alpha value is -1.13. The maximum absolute atomic E-state index is 3.89. The standard InChI is InChI=1S/C8H15N5/c1-6(7-4-3-5-7)9-8-10-11-12-13(8)2/h6-7H,3-5H2,1-2H3,(H,9,10,12)/t6-/m0/s1. The van der Waals surface area contributed by atoms with E-state index in [-0.39, 0.29) is 0 Å². The van der Waals surface area contributed by atoms with E-state index < -0.39 is 0 Å². The second-order valence-electron chi connectivity index (χ2n) is 3.75. The molecule has 0 unspecified atom stereocenters. The van der Waals surface area contributed by atoms with Crippen molar-refractivity contribution in [2.24, 2.45) is 13.0 Å².